The molecule has 1 aliphatic heterocycles. The van der Waals surface area contributed by atoms with Gasteiger partial charge in [0.25, 0.3) is 0 Å². The third-order valence-electron chi connectivity index (χ3n) is 3.74. The lowest BCUT2D eigenvalue weighted by molar-refractivity contribution is -0.132. The van der Waals surface area contributed by atoms with Crippen molar-refractivity contribution >= 4 is 5.91 Å². The van der Waals surface area contributed by atoms with Gasteiger partial charge in [0.05, 0.1) is 11.5 Å². The van der Waals surface area contributed by atoms with Crippen molar-refractivity contribution in [2.75, 3.05) is 26.2 Å². The van der Waals surface area contributed by atoms with Crippen molar-refractivity contribution in [2.45, 2.75) is 59.0 Å². The van der Waals surface area contributed by atoms with E-state index in [0.717, 1.165) is 58.3 Å². The Morgan fingerprint density at radius 1 is 1.47 bits per heavy atom. The Hall–Kier alpha value is -0.610. The Morgan fingerprint density at radius 3 is 2.84 bits per heavy atom. The van der Waals surface area contributed by atoms with E-state index in [2.05, 4.69) is 17.6 Å². The fourth-order valence-electron chi connectivity index (χ4n) is 2.75. The highest BCUT2D eigenvalue weighted by atomic mass is 16.5. The number of ether oxygens (including phenoxy) is 1. The molecule has 1 atom stereocenters. The van der Waals surface area contributed by atoms with Crippen LogP contribution < -0.4 is 10.6 Å². The fraction of sp³-hybridized carbons (Fsp3) is 0.933. The molecule has 1 heterocycles. The molecule has 0 aliphatic carbocycles. The van der Waals surface area contributed by atoms with Crippen LogP contribution in [0.5, 0.6) is 0 Å². The third kappa shape index (κ3) is 5.49. The number of amides is 1. The molecule has 0 aromatic rings. The zero-order chi connectivity index (χ0) is 14.1. The van der Waals surface area contributed by atoms with Gasteiger partial charge in [-0.1, -0.05) is 13.3 Å². The minimum Gasteiger partial charge on any atom is -0.379 e. The van der Waals surface area contributed by atoms with Crippen molar-refractivity contribution in [1.29, 1.82) is 0 Å². The van der Waals surface area contributed by atoms with Gasteiger partial charge in [-0.3, -0.25) is 4.79 Å². The van der Waals surface area contributed by atoms with Crippen molar-refractivity contribution < 1.29 is 9.53 Å². The first-order valence-electron chi connectivity index (χ1n) is 7.71. The van der Waals surface area contributed by atoms with Crippen LogP contribution in [0, 0.1) is 5.41 Å². The summed E-state index contributed by atoms with van der Waals surface area (Å²) in [5.74, 6) is 0.228. The standard InChI is InChI=1S/C15H30N2O2/c1-4-7-15(8-5-9-16-12-15)14(18)17-10-6-11-19-13(2)3/h13,16H,4-12H2,1-3H3,(H,17,18). The second-order valence-electron chi connectivity index (χ2n) is 5.84. The molecule has 112 valence electrons. The van der Waals surface area contributed by atoms with Crippen LogP contribution in [-0.2, 0) is 9.53 Å². The molecular weight excluding hydrogens is 240 g/mol. The van der Waals surface area contributed by atoms with Crippen LogP contribution in [0.1, 0.15) is 52.9 Å². The van der Waals surface area contributed by atoms with Crippen molar-refractivity contribution in [2.24, 2.45) is 5.41 Å². The van der Waals surface area contributed by atoms with Gasteiger partial charge in [0, 0.05) is 19.7 Å². The van der Waals surface area contributed by atoms with Crippen LogP contribution in [0.25, 0.3) is 0 Å². The van der Waals surface area contributed by atoms with E-state index in [1.165, 1.54) is 0 Å². The molecule has 0 aromatic heterocycles. The van der Waals surface area contributed by atoms with Gasteiger partial charge in [0.2, 0.25) is 5.91 Å². The second kappa shape index (κ2) is 8.54. The Balaban J connectivity index is 2.32. The van der Waals surface area contributed by atoms with Gasteiger partial charge in [0.1, 0.15) is 0 Å². The smallest absolute Gasteiger partial charge is 0.227 e. The van der Waals surface area contributed by atoms with Gasteiger partial charge in [-0.25, -0.2) is 0 Å². The highest BCUT2D eigenvalue weighted by molar-refractivity contribution is 5.83. The quantitative estimate of drug-likeness (QED) is 0.664. The van der Waals surface area contributed by atoms with Gasteiger partial charge in [-0.15, -0.1) is 0 Å². The molecule has 1 fully saturated rings. The van der Waals surface area contributed by atoms with Crippen LogP contribution in [0.3, 0.4) is 0 Å². The highest BCUT2D eigenvalue weighted by Crippen LogP contribution is 2.31. The summed E-state index contributed by atoms with van der Waals surface area (Å²) >= 11 is 0. The van der Waals surface area contributed by atoms with Gasteiger partial charge >= 0.3 is 0 Å². The molecule has 19 heavy (non-hydrogen) atoms. The molecule has 0 radical (unpaired) electrons. The molecule has 2 N–H and O–H groups in total. The minimum absolute atomic E-state index is 0.175. The number of rotatable bonds is 8. The van der Waals surface area contributed by atoms with E-state index >= 15 is 0 Å². The van der Waals surface area contributed by atoms with E-state index in [9.17, 15) is 4.79 Å². The molecule has 1 unspecified atom stereocenters. The average Bonchev–Trinajstić information content (AvgIpc) is 2.39. The van der Waals surface area contributed by atoms with Crippen molar-refractivity contribution in [3.8, 4) is 0 Å². The van der Waals surface area contributed by atoms with Crippen molar-refractivity contribution in [3.05, 3.63) is 0 Å². The first-order valence-corrected chi connectivity index (χ1v) is 7.71. The molecule has 0 saturated carbocycles. The van der Waals surface area contributed by atoms with E-state index in [4.69, 9.17) is 4.74 Å². The Labute approximate surface area is 117 Å². The largest absolute Gasteiger partial charge is 0.379 e. The average molecular weight is 270 g/mol. The maximum atomic E-state index is 12.4. The Morgan fingerprint density at radius 2 is 2.26 bits per heavy atom. The molecule has 1 saturated heterocycles. The lowest BCUT2D eigenvalue weighted by Crippen LogP contribution is -2.50. The number of piperidine rings is 1. The third-order valence-corrected chi connectivity index (χ3v) is 3.74. The lowest BCUT2D eigenvalue weighted by atomic mass is 9.76. The van der Waals surface area contributed by atoms with Crippen LogP contribution >= 0.6 is 0 Å². The number of carbonyl (C=O) groups excluding carboxylic acids is 1. The van der Waals surface area contributed by atoms with E-state index in [1.54, 1.807) is 0 Å². The van der Waals surface area contributed by atoms with Gasteiger partial charge < -0.3 is 15.4 Å². The number of nitrogens with one attached hydrogen (secondary N) is 2. The predicted octanol–water partition coefficient (Wildman–Crippen LogP) is 2.09. The summed E-state index contributed by atoms with van der Waals surface area (Å²) in [6.45, 7) is 9.52. The highest BCUT2D eigenvalue weighted by Gasteiger charge is 2.38. The van der Waals surface area contributed by atoms with E-state index < -0.39 is 0 Å². The van der Waals surface area contributed by atoms with E-state index in [0.29, 0.717) is 0 Å². The molecule has 1 aliphatic rings. The molecule has 0 spiro atoms. The molecule has 4 heteroatoms. The second-order valence-corrected chi connectivity index (χ2v) is 5.84. The topological polar surface area (TPSA) is 50.4 Å². The van der Waals surface area contributed by atoms with Crippen LogP contribution in [0.4, 0.5) is 0 Å². The monoisotopic (exact) mass is 270 g/mol. The molecule has 4 nitrogen and oxygen atoms in total. The van der Waals surface area contributed by atoms with E-state index in [1.807, 2.05) is 13.8 Å². The van der Waals surface area contributed by atoms with Crippen LogP contribution in [-0.4, -0.2) is 38.3 Å². The normalized spacial score (nSPS) is 23.6. The number of carbonyl (C=O) groups is 1. The summed E-state index contributed by atoms with van der Waals surface area (Å²) in [4.78, 5) is 12.4. The SMILES string of the molecule is CCCC1(C(=O)NCCCOC(C)C)CCCNC1. The zero-order valence-electron chi connectivity index (χ0n) is 12.8. The maximum absolute atomic E-state index is 12.4. The lowest BCUT2D eigenvalue weighted by Gasteiger charge is -2.36. The summed E-state index contributed by atoms with van der Waals surface area (Å²) in [6, 6.07) is 0. The summed E-state index contributed by atoms with van der Waals surface area (Å²) in [5, 5.41) is 6.47. The predicted molar refractivity (Wildman–Crippen MR) is 78.2 cm³/mol. The first kappa shape index (κ1) is 16.4. The Bertz CT molecular complexity index is 255. The van der Waals surface area contributed by atoms with Gasteiger partial charge in [-0.05, 0) is 46.1 Å². The first-order chi connectivity index (χ1) is 9.10. The van der Waals surface area contributed by atoms with Crippen LogP contribution in [0.2, 0.25) is 0 Å². The molecular formula is C15H30N2O2. The van der Waals surface area contributed by atoms with Gasteiger partial charge in [0.15, 0.2) is 0 Å². The number of hydrogen-bond acceptors (Lipinski definition) is 3. The Kier molecular flexibility index (Phi) is 7.39. The minimum atomic E-state index is -0.175. The fourth-order valence-corrected chi connectivity index (χ4v) is 2.75. The summed E-state index contributed by atoms with van der Waals surface area (Å²) in [6.07, 6.45) is 5.32. The van der Waals surface area contributed by atoms with E-state index in [-0.39, 0.29) is 17.4 Å². The molecule has 0 bridgehead atoms. The summed E-state index contributed by atoms with van der Waals surface area (Å²) in [5.41, 5.74) is -0.175. The summed E-state index contributed by atoms with van der Waals surface area (Å²) < 4.78 is 5.48. The van der Waals surface area contributed by atoms with Gasteiger partial charge in [-0.2, -0.15) is 0 Å². The van der Waals surface area contributed by atoms with Crippen LogP contribution in [0.15, 0.2) is 0 Å². The van der Waals surface area contributed by atoms with Crippen molar-refractivity contribution in [1.82, 2.24) is 10.6 Å². The number of hydrogen-bond donors (Lipinski definition) is 2. The van der Waals surface area contributed by atoms with Crippen molar-refractivity contribution in [3.63, 3.8) is 0 Å². The molecule has 0 aromatic carbocycles. The zero-order valence-corrected chi connectivity index (χ0v) is 12.8. The molecule has 1 rings (SSSR count). The summed E-state index contributed by atoms with van der Waals surface area (Å²) in [7, 11) is 0. The maximum Gasteiger partial charge on any atom is 0.227 e. The molecule has 1 amide bonds.